The molecule has 1 aliphatic heterocycles. The topological polar surface area (TPSA) is 118 Å². The summed E-state index contributed by atoms with van der Waals surface area (Å²) in [5.41, 5.74) is 4.67. The lowest BCUT2D eigenvalue weighted by atomic mass is 10.0. The Morgan fingerprint density at radius 2 is 2.00 bits per heavy atom. The number of amides is 2. The number of phenolic OH excluding ortho intramolecular Hbond substituents is 1. The van der Waals surface area contributed by atoms with E-state index in [1.54, 1.807) is 6.07 Å². The summed E-state index contributed by atoms with van der Waals surface area (Å²) in [6.45, 7) is 12.1. The van der Waals surface area contributed by atoms with E-state index in [4.69, 9.17) is 9.47 Å². The minimum absolute atomic E-state index is 0.00834. The van der Waals surface area contributed by atoms with Gasteiger partial charge in [0.2, 0.25) is 5.91 Å². The molecule has 2 aromatic carbocycles. The number of fused-ring (bicyclic) bond motifs is 1. The van der Waals surface area contributed by atoms with E-state index in [9.17, 15) is 14.7 Å². The molecule has 3 aromatic rings. The third kappa shape index (κ3) is 8.81. The summed E-state index contributed by atoms with van der Waals surface area (Å²) in [4.78, 5) is 26.8. The maximum absolute atomic E-state index is 13.2. The van der Waals surface area contributed by atoms with Gasteiger partial charge in [0.15, 0.2) is 12.4 Å². The lowest BCUT2D eigenvalue weighted by molar-refractivity contribution is -0.135. The zero-order valence-corrected chi connectivity index (χ0v) is 25.8. The summed E-state index contributed by atoms with van der Waals surface area (Å²) in [7, 11) is 0. The van der Waals surface area contributed by atoms with Crippen molar-refractivity contribution in [3.05, 3.63) is 59.9 Å². The van der Waals surface area contributed by atoms with E-state index >= 15 is 0 Å². The number of hydrogen-bond acceptors (Lipinski definition) is 7. The molecule has 1 unspecified atom stereocenters. The van der Waals surface area contributed by atoms with E-state index < -0.39 is 0 Å². The molecule has 43 heavy (non-hydrogen) atoms. The SMILES string of the molecule is CCn1cc(-c2cccc(CCOCCC(=O)N(CCNCCc3ccc(O)c4c3OCC(=O)N4)C(C)C(C)C)c2)cn1. The molecule has 10 heteroatoms. The smallest absolute Gasteiger partial charge is 0.262 e. The van der Waals surface area contributed by atoms with Crippen LogP contribution < -0.4 is 15.4 Å². The van der Waals surface area contributed by atoms with Crippen molar-refractivity contribution in [2.45, 2.75) is 59.5 Å². The fraction of sp³-hybridized carbons (Fsp3) is 0.485. The molecule has 2 heterocycles. The minimum Gasteiger partial charge on any atom is -0.506 e. The molecule has 10 nitrogen and oxygen atoms in total. The molecule has 4 rings (SSSR count). The van der Waals surface area contributed by atoms with Crippen molar-refractivity contribution in [1.29, 1.82) is 0 Å². The molecule has 1 atom stereocenters. The van der Waals surface area contributed by atoms with Gasteiger partial charge in [-0.15, -0.1) is 0 Å². The van der Waals surface area contributed by atoms with Crippen molar-refractivity contribution >= 4 is 17.5 Å². The van der Waals surface area contributed by atoms with Crippen molar-refractivity contribution in [1.82, 2.24) is 20.0 Å². The Kier molecular flexibility index (Phi) is 11.6. The number of aromatic hydroxyl groups is 1. The normalized spacial score (nSPS) is 13.4. The minimum atomic E-state index is -0.283. The lowest BCUT2D eigenvalue weighted by Crippen LogP contribution is -2.45. The molecule has 0 radical (unpaired) electrons. The monoisotopic (exact) mass is 591 g/mol. The summed E-state index contributed by atoms with van der Waals surface area (Å²) in [6, 6.07) is 11.9. The first-order valence-electron chi connectivity index (χ1n) is 15.2. The van der Waals surface area contributed by atoms with Crippen molar-refractivity contribution in [2.24, 2.45) is 5.92 Å². The number of aryl methyl sites for hydroxylation is 1. The average Bonchev–Trinajstić information content (AvgIpc) is 3.49. The Balaban J connectivity index is 1.19. The number of hydrogen-bond donors (Lipinski definition) is 3. The van der Waals surface area contributed by atoms with Crippen LogP contribution in [0.4, 0.5) is 5.69 Å². The second kappa shape index (κ2) is 15.5. The predicted octanol–water partition coefficient (Wildman–Crippen LogP) is 4.26. The first kappa shape index (κ1) is 32.0. The summed E-state index contributed by atoms with van der Waals surface area (Å²) < 4.78 is 13.4. The molecule has 1 aromatic heterocycles. The van der Waals surface area contributed by atoms with Gasteiger partial charge in [0.1, 0.15) is 11.4 Å². The molecule has 0 aliphatic carbocycles. The number of nitrogens with zero attached hydrogens (tertiary/aromatic N) is 3. The fourth-order valence-corrected chi connectivity index (χ4v) is 5.06. The first-order chi connectivity index (χ1) is 20.8. The van der Waals surface area contributed by atoms with Crippen LogP contribution in [0.3, 0.4) is 0 Å². The zero-order chi connectivity index (χ0) is 30.8. The quantitative estimate of drug-likeness (QED) is 0.168. The Bertz CT molecular complexity index is 1370. The maximum Gasteiger partial charge on any atom is 0.262 e. The first-order valence-corrected chi connectivity index (χ1v) is 15.2. The molecule has 3 N–H and O–H groups in total. The molecular formula is C33H45N5O5. The van der Waals surface area contributed by atoms with Crippen LogP contribution in [0.5, 0.6) is 11.5 Å². The molecule has 2 amide bonds. The summed E-state index contributed by atoms with van der Waals surface area (Å²) in [6.07, 6.45) is 5.73. The van der Waals surface area contributed by atoms with Gasteiger partial charge in [0, 0.05) is 37.4 Å². The number of carbonyl (C=O) groups is 2. The van der Waals surface area contributed by atoms with Gasteiger partial charge in [-0.1, -0.05) is 44.2 Å². The Morgan fingerprint density at radius 1 is 1.16 bits per heavy atom. The number of rotatable bonds is 16. The largest absolute Gasteiger partial charge is 0.506 e. The Hall–Kier alpha value is -3.89. The van der Waals surface area contributed by atoms with Crippen LogP contribution in [-0.4, -0.2) is 77.1 Å². The second-order valence-corrected chi connectivity index (χ2v) is 11.3. The van der Waals surface area contributed by atoms with Crippen molar-refractivity contribution in [2.75, 3.05) is 44.8 Å². The molecule has 0 bridgehead atoms. The third-order valence-corrected chi connectivity index (χ3v) is 7.92. The summed E-state index contributed by atoms with van der Waals surface area (Å²) in [5, 5.41) is 20.5. The van der Waals surface area contributed by atoms with E-state index in [0.29, 0.717) is 63.0 Å². The van der Waals surface area contributed by atoms with E-state index in [0.717, 1.165) is 29.7 Å². The van der Waals surface area contributed by atoms with Gasteiger partial charge in [-0.25, -0.2) is 0 Å². The van der Waals surface area contributed by atoms with Crippen LogP contribution in [0.25, 0.3) is 11.1 Å². The van der Waals surface area contributed by atoms with Gasteiger partial charge in [-0.3, -0.25) is 14.3 Å². The van der Waals surface area contributed by atoms with Crippen molar-refractivity contribution in [3.8, 4) is 22.6 Å². The van der Waals surface area contributed by atoms with E-state index in [1.165, 1.54) is 5.56 Å². The highest BCUT2D eigenvalue weighted by Crippen LogP contribution is 2.39. The molecule has 0 spiro atoms. The molecule has 0 fully saturated rings. The van der Waals surface area contributed by atoms with Crippen LogP contribution in [0.1, 0.15) is 45.2 Å². The molecule has 1 aliphatic rings. The number of anilines is 1. The van der Waals surface area contributed by atoms with Gasteiger partial charge in [-0.2, -0.15) is 5.10 Å². The lowest BCUT2D eigenvalue weighted by Gasteiger charge is -2.32. The summed E-state index contributed by atoms with van der Waals surface area (Å²) >= 11 is 0. The number of nitrogens with one attached hydrogen (secondary N) is 2. The van der Waals surface area contributed by atoms with Crippen LogP contribution in [0.2, 0.25) is 0 Å². The predicted molar refractivity (Wildman–Crippen MR) is 167 cm³/mol. The fourth-order valence-electron chi connectivity index (χ4n) is 5.06. The van der Waals surface area contributed by atoms with Gasteiger partial charge in [0.05, 0.1) is 25.8 Å². The van der Waals surface area contributed by atoms with Crippen LogP contribution in [0, 0.1) is 5.92 Å². The highest BCUT2D eigenvalue weighted by molar-refractivity contribution is 5.97. The Morgan fingerprint density at radius 3 is 2.77 bits per heavy atom. The molecule has 0 saturated carbocycles. The van der Waals surface area contributed by atoms with Crippen LogP contribution in [-0.2, 0) is 33.7 Å². The highest BCUT2D eigenvalue weighted by Gasteiger charge is 2.23. The van der Waals surface area contributed by atoms with Gasteiger partial charge in [-0.05, 0) is 61.9 Å². The highest BCUT2D eigenvalue weighted by atomic mass is 16.5. The van der Waals surface area contributed by atoms with Crippen LogP contribution >= 0.6 is 0 Å². The van der Waals surface area contributed by atoms with E-state index in [2.05, 4.69) is 73.9 Å². The van der Waals surface area contributed by atoms with Crippen molar-refractivity contribution < 1.29 is 24.2 Å². The molecule has 0 saturated heterocycles. The van der Waals surface area contributed by atoms with Crippen LogP contribution in [0.15, 0.2) is 48.8 Å². The number of aromatic nitrogens is 2. The molecular weight excluding hydrogens is 546 g/mol. The van der Waals surface area contributed by atoms with Gasteiger partial charge < -0.3 is 30.1 Å². The number of ether oxygens (including phenoxy) is 2. The number of phenols is 1. The summed E-state index contributed by atoms with van der Waals surface area (Å²) in [5.74, 6) is 0.649. The average molecular weight is 592 g/mol. The third-order valence-electron chi connectivity index (χ3n) is 7.92. The zero-order valence-electron chi connectivity index (χ0n) is 25.8. The van der Waals surface area contributed by atoms with E-state index in [-0.39, 0.29) is 30.2 Å². The van der Waals surface area contributed by atoms with Gasteiger partial charge >= 0.3 is 0 Å². The maximum atomic E-state index is 13.2. The number of benzene rings is 2. The number of carbonyl (C=O) groups excluding carboxylic acids is 2. The second-order valence-electron chi connectivity index (χ2n) is 11.3. The standard InChI is InChI=1S/C33H45N5O5/c1-5-37-21-28(20-35-37)27-8-6-7-25(19-27)12-17-42-18-13-31(41)38(24(4)23(2)3)16-15-34-14-11-26-9-10-29(39)32-33(26)43-22-30(40)36-32/h6-10,19-21,23-24,34,39H,5,11-18,22H2,1-4H3,(H,36,40). The van der Waals surface area contributed by atoms with E-state index in [1.807, 2.05) is 21.8 Å². The Labute approximate surface area is 254 Å². The van der Waals surface area contributed by atoms with Crippen molar-refractivity contribution in [3.63, 3.8) is 0 Å². The molecule has 232 valence electrons. The van der Waals surface area contributed by atoms with Gasteiger partial charge in [0.25, 0.3) is 5.91 Å².